The van der Waals surface area contributed by atoms with Gasteiger partial charge in [-0.25, -0.2) is 9.18 Å². The number of nitrogens with zero attached hydrogens (tertiary/aromatic N) is 5. The molecule has 228 valence electrons. The largest absolute Gasteiger partial charge is 0.478 e. The lowest BCUT2D eigenvalue weighted by Crippen LogP contribution is -2.36. The van der Waals surface area contributed by atoms with Crippen LogP contribution in [0.1, 0.15) is 62.5 Å². The molecule has 2 aliphatic rings. The van der Waals surface area contributed by atoms with Crippen molar-refractivity contribution in [3.8, 4) is 11.3 Å². The summed E-state index contributed by atoms with van der Waals surface area (Å²) in [5.74, 6) is -3.71. The molecule has 1 atom stereocenters. The van der Waals surface area contributed by atoms with Crippen LogP contribution in [0.3, 0.4) is 0 Å². The van der Waals surface area contributed by atoms with Crippen LogP contribution in [-0.2, 0) is 29.7 Å². The van der Waals surface area contributed by atoms with E-state index in [1.165, 1.54) is 35.2 Å². The van der Waals surface area contributed by atoms with E-state index in [0.29, 0.717) is 17.7 Å². The van der Waals surface area contributed by atoms with Gasteiger partial charge in [-0.2, -0.15) is 14.9 Å². The second kappa shape index (κ2) is 11.2. The highest BCUT2D eigenvalue weighted by atomic mass is 35.5. The number of aromatic amines is 1. The van der Waals surface area contributed by atoms with Crippen molar-refractivity contribution in [3.05, 3.63) is 93.1 Å². The van der Waals surface area contributed by atoms with E-state index in [-0.39, 0.29) is 71.1 Å². The van der Waals surface area contributed by atoms with E-state index in [9.17, 15) is 28.5 Å². The number of carbonyl (C=O) groups excluding carboxylic acids is 2. The van der Waals surface area contributed by atoms with Crippen LogP contribution in [0, 0.1) is 11.7 Å². The summed E-state index contributed by atoms with van der Waals surface area (Å²) in [6.45, 7) is 0.279. The van der Waals surface area contributed by atoms with Gasteiger partial charge in [-0.05, 0) is 61.6 Å². The number of hydrogen-bond donors (Lipinski definition) is 2. The predicted octanol–water partition coefficient (Wildman–Crippen LogP) is 5.28. The lowest BCUT2D eigenvalue weighted by atomic mass is 9.84. The molecular formula is C30H26ClF3N6O4. The highest BCUT2D eigenvalue weighted by molar-refractivity contribution is 6.34. The van der Waals surface area contributed by atoms with E-state index in [0.717, 1.165) is 16.4 Å². The smallest absolute Gasteiger partial charge is 0.335 e. The van der Waals surface area contributed by atoms with Gasteiger partial charge >= 0.3 is 5.97 Å². The van der Waals surface area contributed by atoms with Crippen LogP contribution in [0.25, 0.3) is 11.3 Å². The van der Waals surface area contributed by atoms with E-state index in [1.807, 2.05) is 0 Å². The van der Waals surface area contributed by atoms with Gasteiger partial charge in [0.05, 0.1) is 39.8 Å². The van der Waals surface area contributed by atoms with Crippen molar-refractivity contribution in [2.24, 2.45) is 5.92 Å². The Bertz CT molecular complexity index is 1790. The summed E-state index contributed by atoms with van der Waals surface area (Å²) >= 11 is 6.47. The number of nitrogens with one attached hydrogen (secondary N) is 1. The molecule has 2 aromatic heterocycles. The number of carbonyl (C=O) groups is 3. The van der Waals surface area contributed by atoms with Crippen molar-refractivity contribution in [1.29, 1.82) is 0 Å². The molecule has 0 bridgehead atoms. The maximum absolute atomic E-state index is 15.3. The molecule has 4 aromatic rings. The van der Waals surface area contributed by atoms with Crippen LogP contribution in [0.4, 0.5) is 13.4 Å². The molecule has 0 aliphatic heterocycles. The Morgan fingerprint density at radius 3 is 2.59 bits per heavy atom. The van der Waals surface area contributed by atoms with Gasteiger partial charge in [-0.3, -0.25) is 14.7 Å². The third-order valence-corrected chi connectivity index (χ3v) is 8.72. The first-order valence-corrected chi connectivity index (χ1v) is 14.2. The molecular weight excluding hydrogens is 601 g/mol. The number of aromatic carboxylic acids is 1. The number of halogens is 4. The van der Waals surface area contributed by atoms with Crippen molar-refractivity contribution in [2.75, 3.05) is 7.05 Å². The average molecular weight is 627 g/mol. The Morgan fingerprint density at radius 2 is 1.95 bits per heavy atom. The number of aromatic nitrogens is 4. The number of hydrogen-bond acceptors (Lipinski definition) is 6. The van der Waals surface area contributed by atoms with Gasteiger partial charge in [0, 0.05) is 42.1 Å². The van der Waals surface area contributed by atoms with Gasteiger partial charge in [0.15, 0.2) is 0 Å². The Kier molecular flexibility index (Phi) is 7.54. The van der Waals surface area contributed by atoms with Crippen LogP contribution in [0.15, 0.2) is 48.7 Å². The summed E-state index contributed by atoms with van der Waals surface area (Å²) in [4.78, 5) is 40.7. The van der Waals surface area contributed by atoms with E-state index in [2.05, 4.69) is 15.3 Å². The fourth-order valence-electron chi connectivity index (χ4n) is 5.95. The van der Waals surface area contributed by atoms with Crippen LogP contribution in [0.5, 0.6) is 0 Å². The highest BCUT2D eigenvalue weighted by Gasteiger charge is 2.54. The molecule has 0 spiro atoms. The van der Waals surface area contributed by atoms with Gasteiger partial charge in [-0.1, -0.05) is 23.7 Å². The lowest BCUT2D eigenvalue weighted by Gasteiger charge is -2.27. The first-order valence-electron chi connectivity index (χ1n) is 13.8. The maximum atomic E-state index is 15.3. The lowest BCUT2D eigenvalue weighted by molar-refractivity contribution is -0.202. The van der Waals surface area contributed by atoms with Gasteiger partial charge in [0.1, 0.15) is 11.4 Å². The Balaban J connectivity index is 1.44. The van der Waals surface area contributed by atoms with Gasteiger partial charge in [0.2, 0.25) is 5.91 Å². The summed E-state index contributed by atoms with van der Waals surface area (Å²) in [7, 11) is 1.65. The zero-order chi connectivity index (χ0) is 31.3. The first kappa shape index (κ1) is 29.6. The van der Waals surface area contributed by atoms with Crippen LogP contribution < -0.4 is 0 Å². The Morgan fingerprint density at radius 1 is 1.18 bits per heavy atom. The minimum absolute atomic E-state index is 0.0318. The van der Waals surface area contributed by atoms with E-state index >= 15 is 4.39 Å². The van der Waals surface area contributed by atoms with Gasteiger partial charge < -0.3 is 10.0 Å². The number of carboxylic acid groups (broad SMARTS) is 1. The standard InChI is InChI=1S/C30H26ClF3N6O4/c1-38(15-18-9-12-35-36-18)27(41)16-5-8-20-24(14-16)39(37-26(20)19-7-6-17(29(43)44)13-23(19)32)28(42)25-21(3-2-4-22(25)31)30(10-11-30)40(33)34/h2-4,6-7,9,12-13,16H,5,8,10-11,14-15H2,1H3,(H,35,36)(H,43,44). The molecule has 6 rings (SSSR count). The predicted molar refractivity (Wildman–Crippen MR) is 151 cm³/mol. The van der Waals surface area contributed by atoms with Gasteiger partial charge in [0.25, 0.3) is 5.91 Å². The molecule has 1 amide bonds. The summed E-state index contributed by atoms with van der Waals surface area (Å²) in [6.07, 6.45) is 2.51. The minimum atomic E-state index is -1.67. The third-order valence-electron chi connectivity index (χ3n) is 8.40. The van der Waals surface area contributed by atoms with Crippen LogP contribution in [0.2, 0.25) is 5.02 Å². The topological polar surface area (TPSA) is 124 Å². The first-order chi connectivity index (χ1) is 21.0. The number of carboxylic acids is 1. The molecule has 14 heteroatoms. The molecule has 0 radical (unpaired) electrons. The van der Waals surface area contributed by atoms with Gasteiger partial charge in [-0.15, -0.1) is 8.96 Å². The van der Waals surface area contributed by atoms with Crippen molar-refractivity contribution < 1.29 is 32.8 Å². The molecule has 1 unspecified atom stereocenters. The number of rotatable bonds is 8. The maximum Gasteiger partial charge on any atom is 0.335 e. The molecule has 10 nitrogen and oxygen atoms in total. The Hall–Kier alpha value is -4.49. The van der Waals surface area contributed by atoms with Crippen LogP contribution in [-0.4, -0.2) is 60.2 Å². The van der Waals surface area contributed by atoms with Crippen molar-refractivity contribution in [1.82, 2.24) is 30.2 Å². The average Bonchev–Trinajstić information content (AvgIpc) is 3.50. The molecule has 1 saturated carbocycles. The molecule has 0 saturated heterocycles. The molecule has 2 aliphatic carbocycles. The summed E-state index contributed by atoms with van der Waals surface area (Å²) in [5, 5.41) is 19.5. The van der Waals surface area contributed by atoms with Crippen molar-refractivity contribution in [3.63, 3.8) is 0 Å². The molecule has 2 N–H and O–H groups in total. The van der Waals surface area contributed by atoms with E-state index in [4.69, 9.17) is 11.6 Å². The summed E-state index contributed by atoms with van der Waals surface area (Å²) in [6, 6.07) is 9.46. The quantitative estimate of drug-likeness (QED) is 0.255. The number of benzene rings is 2. The minimum Gasteiger partial charge on any atom is -0.478 e. The zero-order valence-corrected chi connectivity index (χ0v) is 24.1. The second-order valence-electron chi connectivity index (χ2n) is 11.1. The molecule has 2 heterocycles. The fourth-order valence-corrected chi connectivity index (χ4v) is 6.20. The van der Waals surface area contributed by atoms with Crippen molar-refractivity contribution in [2.45, 2.75) is 44.2 Å². The highest BCUT2D eigenvalue weighted by Crippen LogP contribution is 2.53. The van der Waals surface area contributed by atoms with E-state index in [1.54, 1.807) is 19.3 Å². The number of amides is 1. The summed E-state index contributed by atoms with van der Waals surface area (Å²) in [5.41, 5.74) is -0.400. The molecule has 2 aromatic carbocycles. The monoisotopic (exact) mass is 626 g/mol. The fraction of sp³-hybridized carbons (Fsp3) is 0.300. The molecule has 1 fully saturated rings. The van der Waals surface area contributed by atoms with Crippen molar-refractivity contribution >= 4 is 29.4 Å². The van der Waals surface area contributed by atoms with E-state index < -0.39 is 34.5 Å². The Labute approximate surface area is 253 Å². The second-order valence-corrected chi connectivity index (χ2v) is 11.5. The summed E-state index contributed by atoms with van der Waals surface area (Å²) < 4.78 is 44.4. The third kappa shape index (κ3) is 5.05. The van der Waals surface area contributed by atoms with Crippen LogP contribution >= 0.6 is 11.6 Å². The zero-order valence-electron chi connectivity index (χ0n) is 23.4. The molecule has 44 heavy (non-hydrogen) atoms. The number of fused-ring (bicyclic) bond motifs is 1. The SMILES string of the molecule is CN(Cc1ccn[nH]1)C(=O)C1CCc2c(-c3ccc(C(=O)O)cc3F)nn(C(=O)c3c(Cl)cccc3C3(N(F)F)CC3)c2C1. The normalized spacial score (nSPS) is 16.9. The number of H-pyrrole nitrogens is 1.